The second-order valence-corrected chi connectivity index (χ2v) is 4.49. The number of methoxy groups -OCH3 is 1. The largest absolute Gasteiger partial charge is 0.497 e. The molecule has 0 heterocycles. The lowest BCUT2D eigenvalue weighted by Crippen LogP contribution is -2.40. The molecule has 1 atom stereocenters. The van der Waals surface area contributed by atoms with Crippen molar-refractivity contribution in [1.29, 1.82) is 0 Å². The summed E-state index contributed by atoms with van der Waals surface area (Å²) in [6.07, 6.45) is -0.102. The molecule has 0 fully saturated rings. The Morgan fingerprint density at radius 1 is 1.45 bits per heavy atom. The van der Waals surface area contributed by atoms with Crippen molar-refractivity contribution < 1.29 is 19.4 Å². The molecule has 0 aliphatic rings. The van der Waals surface area contributed by atoms with Gasteiger partial charge in [0.2, 0.25) is 0 Å². The zero-order chi connectivity index (χ0) is 15.3. The summed E-state index contributed by atoms with van der Waals surface area (Å²) < 4.78 is 5.03. The van der Waals surface area contributed by atoms with E-state index in [9.17, 15) is 9.59 Å². The van der Waals surface area contributed by atoms with Crippen molar-refractivity contribution in [2.75, 3.05) is 19.4 Å². The molecule has 1 unspecified atom stereocenters. The van der Waals surface area contributed by atoms with Crippen molar-refractivity contribution in [1.82, 2.24) is 4.90 Å². The number of benzene rings is 1. The zero-order valence-corrected chi connectivity index (χ0v) is 11.9. The average molecular weight is 280 g/mol. The van der Waals surface area contributed by atoms with Gasteiger partial charge in [-0.25, -0.2) is 0 Å². The highest BCUT2D eigenvalue weighted by Crippen LogP contribution is 2.22. The van der Waals surface area contributed by atoms with Crippen molar-refractivity contribution in [3.8, 4) is 5.75 Å². The first-order valence-electron chi connectivity index (χ1n) is 6.37. The van der Waals surface area contributed by atoms with E-state index in [1.165, 1.54) is 12.0 Å². The van der Waals surface area contributed by atoms with E-state index in [0.717, 1.165) is 0 Å². The summed E-state index contributed by atoms with van der Waals surface area (Å²) in [4.78, 5) is 24.7. The number of carbonyl (C=O) groups is 2. The number of nitrogens with two attached hydrogens (primary N) is 1. The fraction of sp³-hybridized carbons (Fsp3) is 0.429. The summed E-state index contributed by atoms with van der Waals surface area (Å²) in [6.45, 7) is 3.92. The van der Waals surface area contributed by atoms with E-state index >= 15 is 0 Å². The number of anilines is 1. The molecule has 1 aromatic carbocycles. The molecule has 110 valence electrons. The van der Waals surface area contributed by atoms with Gasteiger partial charge in [-0.1, -0.05) is 0 Å². The molecule has 0 spiro atoms. The van der Waals surface area contributed by atoms with Crippen LogP contribution in [0.25, 0.3) is 0 Å². The lowest BCUT2D eigenvalue weighted by Gasteiger charge is -2.27. The molecule has 0 aromatic heterocycles. The number of carboxylic acids is 1. The standard InChI is InChI=1S/C14H20N2O4/c1-4-16(9(2)7-13(17)18)14(19)11-6-5-10(20-3)8-12(11)15/h5-6,8-9H,4,7,15H2,1-3H3,(H,17,18). The smallest absolute Gasteiger partial charge is 0.305 e. The topological polar surface area (TPSA) is 92.9 Å². The van der Waals surface area contributed by atoms with Gasteiger partial charge < -0.3 is 20.5 Å². The fourth-order valence-corrected chi connectivity index (χ4v) is 2.04. The Labute approximate surface area is 118 Å². The maximum atomic E-state index is 12.4. The molecule has 6 nitrogen and oxygen atoms in total. The molecule has 20 heavy (non-hydrogen) atoms. The Morgan fingerprint density at radius 3 is 2.55 bits per heavy atom. The summed E-state index contributed by atoms with van der Waals surface area (Å²) >= 11 is 0. The second-order valence-electron chi connectivity index (χ2n) is 4.49. The highest BCUT2D eigenvalue weighted by Gasteiger charge is 2.23. The van der Waals surface area contributed by atoms with Gasteiger partial charge in [-0.05, 0) is 26.0 Å². The Hall–Kier alpha value is -2.24. The Morgan fingerprint density at radius 2 is 2.10 bits per heavy atom. The van der Waals surface area contributed by atoms with Crippen LogP contribution in [-0.4, -0.2) is 41.6 Å². The number of ether oxygens (including phenoxy) is 1. The first-order chi connectivity index (χ1) is 9.40. The average Bonchev–Trinajstić information content (AvgIpc) is 2.38. The molecule has 0 aliphatic carbocycles. The minimum Gasteiger partial charge on any atom is -0.497 e. The number of amides is 1. The van der Waals surface area contributed by atoms with Crippen LogP contribution in [0.3, 0.4) is 0 Å². The van der Waals surface area contributed by atoms with Gasteiger partial charge in [-0.15, -0.1) is 0 Å². The van der Waals surface area contributed by atoms with E-state index in [4.69, 9.17) is 15.6 Å². The minimum absolute atomic E-state index is 0.102. The Balaban J connectivity index is 2.99. The predicted molar refractivity (Wildman–Crippen MR) is 75.8 cm³/mol. The summed E-state index contributed by atoms with van der Waals surface area (Å²) in [5.41, 5.74) is 6.51. The number of carboxylic acid groups (broad SMARTS) is 1. The van der Waals surface area contributed by atoms with Crippen molar-refractivity contribution in [2.24, 2.45) is 0 Å². The number of nitrogens with zero attached hydrogens (tertiary/aromatic N) is 1. The van der Waals surface area contributed by atoms with Gasteiger partial charge in [0.1, 0.15) is 5.75 Å². The van der Waals surface area contributed by atoms with Crippen LogP contribution in [0.1, 0.15) is 30.6 Å². The van der Waals surface area contributed by atoms with Gasteiger partial charge >= 0.3 is 5.97 Å². The van der Waals surface area contributed by atoms with Gasteiger partial charge in [0.25, 0.3) is 5.91 Å². The van der Waals surface area contributed by atoms with Crippen LogP contribution in [0.2, 0.25) is 0 Å². The quantitative estimate of drug-likeness (QED) is 0.772. The molecule has 0 saturated carbocycles. The Kier molecular flexibility index (Phi) is 5.37. The highest BCUT2D eigenvalue weighted by atomic mass is 16.5. The normalized spacial score (nSPS) is 11.8. The molecule has 0 radical (unpaired) electrons. The molecule has 1 aromatic rings. The third-order valence-electron chi connectivity index (χ3n) is 3.09. The predicted octanol–water partition coefficient (Wildman–Crippen LogP) is 1.60. The summed E-state index contributed by atoms with van der Waals surface area (Å²) in [7, 11) is 1.52. The molecular weight excluding hydrogens is 260 g/mol. The molecular formula is C14H20N2O4. The van der Waals surface area contributed by atoms with E-state index in [1.54, 1.807) is 32.0 Å². The Bertz CT molecular complexity index is 502. The van der Waals surface area contributed by atoms with E-state index in [0.29, 0.717) is 23.5 Å². The van der Waals surface area contributed by atoms with E-state index < -0.39 is 12.0 Å². The number of hydrogen-bond donors (Lipinski definition) is 2. The number of nitrogen functional groups attached to an aromatic ring is 1. The number of rotatable bonds is 6. The summed E-state index contributed by atoms with van der Waals surface area (Å²) in [6, 6.07) is 4.42. The summed E-state index contributed by atoms with van der Waals surface area (Å²) in [5, 5.41) is 8.82. The molecule has 0 aliphatic heterocycles. The van der Waals surface area contributed by atoms with E-state index in [2.05, 4.69) is 0 Å². The molecule has 1 rings (SSSR count). The van der Waals surface area contributed by atoms with Crippen molar-refractivity contribution in [3.63, 3.8) is 0 Å². The van der Waals surface area contributed by atoms with Gasteiger partial charge in [0.05, 0.1) is 19.1 Å². The van der Waals surface area contributed by atoms with Crippen molar-refractivity contribution in [2.45, 2.75) is 26.3 Å². The van der Waals surface area contributed by atoms with Crippen molar-refractivity contribution >= 4 is 17.6 Å². The zero-order valence-electron chi connectivity index (χ0n) is 11.9. The van der Waals surface area contributed by atoms with E-state index in [1.807, 2.05) is 0 Å². The maximum absolute atomic E-state index is 12.4. The second kappa shape index (κ2) is 6.79. The number of hydrogen-bond acceptors (Lipinski definition) is 4. The van der Waals surface area contributed by atoms with E-state index in [-0.39, 0.29) is 12.3 Å². The number of carbonyl (C=O) groups excluding carboxylic acids is 1. The molecule has 0 bridgehead atoms. The van der Waals surface area contributed by atoms with Crippen LogP contribution < -0.4 is 10.5 Å². The molecule has 6 heteroatoms. The summed E-state index contributed by atoms with van der Waals surface area (Å²) in [5.74, 6) is -0.645. The maximum Gasteiger partial charge on any atom is 0.305 e. The van der Waals surface area contributed by atoms with Gasteiger partial charge in [-0.2, -0.15) is 0 Å². The fourth-order valence-electron chi connectivity index (χ4n) is 2.04. The monoisotopic (exact) mass is 280 g/mol. The van der Waals surface area contributed by atoms with Crippen LogP contribution in [-0.2, 0) is 4.79 Å². The molecule has 0 saturated heterocycles. The van der Waals surface area contributed by atoms with Gasteiger partial charge in [0.15, 0.2) is 0 Å². The van der Waals surface area contributed by atoms with Gasteiger partial charge in [0, 0.05) is 24.3 Å². The van der Waals surface area contributed by atoms with Gasteiger partial charge in [-0.3, -0.25) is 9.59 Å². The molecule has 1 amide bonds. The van der Waals surface area contributed by atoms with Crippen LogP contribution in [0.4, 0.5) is 5.69 Å². The highest BCUT2D eigenvalue weighted by molar-refractivity contribution is 5.99. The number of aliphatic carboxylic acids is 1. The first-order valence-corrected chi connectivity index (χ1v) is 6.37. The third kappa shape index (κ3) is 3.63. The molecule has 3 N–H and O–H groups in total. The lowest BCUT2D eigenvalue weighted by atomic mass is 10.1. The minimum atomic E-state index is -0.938. The van der Waals surface area contributed by atoms with Crippen LogP contribution >= 0.6 is 0 Å². The third-order valence-corrected chi connectivity index (χ3v) is 3.09. The SMILES string of the molecule is CCN(C(=O)c1ccc(OC)cc1N)C(C)CC(=O)O. The lowest BCUT2D eigenvalue weighted by molar-refractivity contribution is -0.138. The van der Waals surface area contributed by atoms with Crippen molar-refractivity contribution in [3.05, 3.63) is 23.8 Å². The first kappa shape index (κ1) is 15.8. The van der Waals surface area contributed by atoms with Crippen LogP contribution in [0, 0.1) is 0 Å². The van der Waals surface area contributed by atoms with Crippen LogP contribution in [0.5, 0.6) is 5.75 Å². The van der Waals surface area contributed by atoms with Crippen LogP contribution in [0.15, 0.2) is 18.2 Å².